The van der Waals surface area contributed by atoms with E-state index in [9.17, 15) is 21.6 Å². The Balaban J connectivity index is 1.64. The second-order valence-corrected chi connectivity index (χ2v) is 8.70. The molecular formula is C21H15F3N2O2S. The number of benzene rings is 3. The van der Waals surface area contributed by atoms with E-state index in [-0.39, 0.29) is 4.90 Å². The molecule has 1 heterocycles. The van der Waals surface area contributed by atoms with Crippen molar-refractivity contribution in [2.24, 2.45) is 0 Å². The number of sulfone groups is 1. The summed E-state index contributed by atoms with van der Waals surface area (Å²) in [7, 11) is -3.25. The van der Waals surface area contributed by atoms with Crippen LogP contribution in [-0.4, -0.2) is 24.6 Å². The number of H-pyrrole nitrogens is 1. The van der Waals surface area contributed by atoms with Crippen molar-refractivity contribution in [3.05, 3.63) is 72.3 Å². The van der Waals surface area contributed by atoms with Crippen molar-refractivity contribution in [1.82, 2.24) is 9.97 Å². The molecule has 0 aliphatic rings. The molecule has 1 N–H and O–H groups in total. The smallest absolute Gasteiger partial charge is 0.338 e. The summed E-state index contributed by atoms with van der Waals surface area (Å²) in [6, 6.07) is 17.3. The first kappa shape index (κ1) is 19.2. The first-order chi connectivity index (χ1) is 13.6. The van der Waals surface area contributed by atoms with Crippen LogP contribution in [-0.2, 0) is 16.0 Å². The van der Waals surface area contributed by atoms with Crippen molar-refractivity contribution in [2.45, 2.75) is 11.1 Å². The molecule has 0 aliphatic heterocycles. The van der Waals surface area contributed by atoms with Crippen molar-refractivity contribution in [2.75, 3.05) is 6.26 Å². The van der Waals surface area contributed by atoms with Gasteiger partial charge >= 0.3 is 6.18 Å². The monoisotopic (exact) mass is 416 g/mol. The number of aromatic nitrogens is 2. The molecule has 1 aromatic heterocycles. The highest BCUT2D eigenvalue weighted by Crippen LogP contribution is 2.32. The molecule has 0 spiro atoms. The number of alkyl halides is 3. The highest BCUT2D eigenvalue weighted by Gasteiger charge is 2.30. The molecular weight excluding hydrogens is 401 g/mol. The van der Waals surface area contributed by atoms with Gasteiger partial charge in [-0.15, -0.1) is 0 Å². The molecule has 8 heteroatoms. The predicted molar refractivity (Wildman–Crippen MR) is 105 cm³/mol. The Labute approximate surface area is 165 Å². The molecule has 0 bridgehead atoms. The Morgan fingerprint density at radius 2 is 1.38 bits per heavy atom. The summed E-state index contributed by atoms with van der Waals surface area (Å²) in [6.45, 7) is 0. The fraction of sp³-hybridized carbons (Fsp3) is 0.0952. The van der Waals surface area contributed by atoms with E-state index in [1.807, 2.05) is 24.3 Å². The summed E-state index contributed by atoms with van der Waals surface area (Å²) in [6.07, 6.45) is -3.25. The van der Waals surface area contributed by atoms with Crippen LogP contribution in [0.1, 0.15) is 5.56 Å². The minimum Gasteiger partial charge on any atom is -0.338 e. The third kappa shape index (κ3) is 3.88. The van der Waals surface area contributed by atoms with Gasteiger partial charge in [-0.1, -0.05) is 36.4 Å². The lowest BCUT2D eigenvalue weighted by Crippen LogP contribution is -2.04. The van der Waals surface area contributed by atoms with Gasteiger partial charge in [-0.2, -0.15) is 13.2 Å². The van der Waals surface area contributed by atoms with Gasteiger partial charge < -0.3 is 4.98 Å². The molecule has 0 saturated heterocycles. The van der Waals surface area contributed by atoms with Crippen molar-refractivity contribution < 1.29 is 21.6 Å². The lowest BCUT2D eigenvalue weighted by Gasteiger charge is -2.05. The zero-order valence-corrected chi connectivity index (χ0v) is 16.0. The number of imidazole rings is 1. The van der Waals surface area contributed by atoms with Gasteiger partial charge in [0.05, 0.1) is 21.5 Å². The SMILES string of the molecule is CS(=O)(=O)c1ccc(-c2ccc(-c3nc4ccc(C(F)(F)F)cc4[nH]3)cc2)cc1. The van der Waals surface area contributed by atoms with Crippen LogP contribution in [0.4, 0.5) is 13.2 Å². The van der Waals surface area contributed by atoms with E-state index < -0.39 is 21.6 Å². The standard InChI is InChI=1S/C21H15F3N2O2S/c1-29(27,28)17-9-6-14(7-10-17)13-2-4-15(5-3-13)20-25-18-11-8-16(21(22,23)24)12-19(18)26-20/h2-12H,1H3,(H,25,26). The van der Waals surface area contributed by atoms with Crippen LogP contribution in [0.25, 0.3) is 33.5 Å². The quantitative estimate of drug-likeness (QED) is 0.492. The molecule has 4 aromatic rings. The van der Waals surface area contributed by atoms with Crippen LogP contribution in [0.15, 0.2) is 71.6 Å². The highest BCUT2D eigenvalue weighted by atomic mass is 32.2. The van der Waals surface area contributed by atoms with Crippen molar-refractivity contribution in [3.8, 4) is 22.5 Å². The third-order valence-corrected chi connectivity index (χ3v) is 5.71. The second-order valence-electron chi connectivity index (χ2n) is 6.69. The van der Waals surface area contributed by atoms with Crippen LogP contribution in [0.5, 0.6) is 0 Å². The number of rotatable bonds is 3. The molecule has 0 fully saturated rings. The predicted octanol–water partition coefficient (Wildman–Crippen LogP) is 5.32. The normalized spacial score (nSPS) is 12.4. The average Bonchev–Trinajstić information content (AvgIpc) is 3.10. The second kappa shape index (κ2) is 6.73. The number of nitrogens with one attached hydrogen (secondary N) is 1. The summed E-state index contributed by atoms with van der Waals surface area (Å²) in [4.78, 5) is 7.54. The van der Waals surface area contributed by atoms with Gasteiger partial charge in [-0.25, -0.2) is 13.4 Å². The van der Waals surface area contributed by atoms with Crippen molar-refractivity contribution in [3.63, 3.8) is 0 Å². The van der Waals surface area contributed by atoms with Crippen molar-refractivity contribution in [1.29, 1.82) is 0 Å². The lowest BCUT2D eigenvalue weighted by atomic mass is 10.0. The van der Waals surface area contributed by atoms with Gasteiger partial charge in [0.25, 0.3) is 0 Å². The summed E-state index contributed by atoms with van der Waals surface area (Å²) in [5, 5.41) is 0. The number of hydrogen-bond acceptors (Lipinski definition) is 3. The Hall–Kier alpha value is -3.13. The van der Waals surface area contributed by atoms with E-state index >= 15 is 0 Å². The molecule has 0 saturated carbocycles. The maximum absolute atomic E-state index is 12.9. The molecule has 0 unspecified atom stereocenters. The van der Waals surface area contributed by atoms with Crippen LogP contribution in [0.2, 0.25) is 0 Å². The molecule has 4 nitrogen and oxygen atoms in total. The van der Waals surface area contributed by atoms with Gasteiger partial charge in [-0.3, -0.25) is 0 Å². The van der Waals surface area contributed by atoms with Gasteiger partial charge in [-0.05, 0) is 41.5 Å². The number of nitrogens with zero attached hydrogens (tertiary/aromatic N) is 1. The van der Waals surface area contributed by atoms with Crippen LogP contribution >= 0.6 is 0 Å². The largest absolute Gasteiger partial charge is 0.416 e. The van der Waals surface area contributed by atoms with Crippen molar-refractivity contribution >= 4 is 20.9 Å². The highest BCUT2D eigenvalue weighted by molar-refractivity contribution is 7.90. The topological polar surface area (TPSA) is 62.8 Å². The van der Waals surface area contributed by atoms with Crippen LogP contribution < -0.4 is 0 Å². The molecule has 0 amide bonds. The molecule has 4 rings (SSSR count). The Morgan fingerprint density at radius 1 is 0.828 bits per heavy atom. The number of fused-ring (bicyclic) bond motifs is 1. The van der Waals surface area contributed by atoms with E-state index in [0.717, 1.165) is 35.1 Å². The Kier molecular flexibility index (Phi) is 4.46. The zero-order valence-electron chi connectivity index (χ0n) is 15.2. The third-order valence-electron chi connectivity index (χ3n) is 4.58. The summed E-state index contributed by atoms with van der Waals surface area (Å²) < 4.78 is 61.7. The maximum Gasteiger partial charge on any atom is 0.416 e. The fourth-order valence-electron chi connectivity index (χ4n) is 3.04. The molecule has 29 heavy (non-hydrogen) atoms. The summed E-state index contributed by atoms with van der Waals surface area (Å²) in [5.74, 6) is 0.471. The van der Waals surface area contributed by atoms with E-state index in [1.165, 1.54) is 6.07 Å². The number of hydrogen-bond donors (Lipinski definition) is 1. The van der Waals surface area contributed by atoms with Gasteiger partial charge in [0, 0.05) is 11.8 Å². The number of aromatic amines is 1. The molecule has 148 valence electrons. The number of halogens is 3. The molecule has 0 radical (unpaired) electrons. The van der Waals surface area contributed by atoms with E-state index in [2.05, 4.69) is 9.97 Å². The minimum absolute atomic E-state index is 0.248. The molecule has 0 atom stereocenters. The molecule has 3 aromatic carbocycles. The zero-order chi connectivity index (χ0) is 20.8. The van der Waals surface area contributed by atoms with Crippen LogP contribution in [0, 0.1) is 0 Å². The van der Waals surface area contributed by atoms with E-state index in [0.29, 0.717) is 16.9 Å². The summed E-state index contributed by atoms with van der Waals surface area (Å²) in [5.41, 5.74) is 2.50. The average molecular weight is 416 g/mol. The summed E-state index contributed by atoms with van der Waals surface area (Å²) >= 11 is 0. The molecule has 0 aliphatic carbocycles. The maximum atomic E-state index is 12.9. The van der Waals surface area contributed by atoms with Crippen LogP contribution in [0.3, 0.4) is 0 Å². The minimum atomic E-state index is -4.41. The Bertz CT molecular complexity index is 1290. The Morgan fingerprint density at radius 3 is 1.93 bits per heavy atom. The van der Waals surface area contributed by atoms with Gasteiger partial charge in [0.2, 0.25) is 0 Å². The fourth-order valence-corrected chi connectivity index (χ4v) is 3.67. The van der Waals surface area contributed by atoms with E-state index in [1.54, 1.807) is 24.3 Å². The first-order valence-electron chi connectivity index (χ1n) is 8.59. The van der Waals surface area contributed by atoms with Gasteiger partial charge in [0.1, 0.15) is 5.82 Å². The van der Waals surface area contributed by atoms with Gasteiger partial charge in [0.15, 0.2) is 9.84 Å². The lowest BCUT2D eigenvalue weighted by molar-refractivity contribution is -0.137. The van der Waals surface area contributed by atoms with E-state index in [4.69, 9.17) is 0 Å². The first-order valence-corrected chi connectivity index (χ1v) is 10.5.